The molecule has 0 saturated heterocycles. The summed E-state index contributed by atoms with van der Waals surface area (Å²) in [5.41, 5.74) is 0.888. The Bertz CT molecular complexity index is 1060. The lowest BCUT2D eigenvalue weighted by Gasteiger charge is -2.06. The zero-order chi connectivity index (χ0) is 19.4. The summed E-state index contributed by atoms with van der Waals surface area (Å²) in [5.74, 6) is -0.764. The number of nitrogens with zero attached hydrogens (tertiary/aromatic N) is 3. The lowest BCUT2D eigenvalue weighted by molar-refractivity contribution is -0.114. The molecule has 140 valence electrons. The van der Waals surface area contributed by atoms with Gasteiger partial charge < -0.3 is 5.32 Å². The minimum Gasteiger partial charge on any atom is -0.326 e. The van der Waals surface area contributed by atoms with Crippen molar-refractivity contribution in [3.8, 4) is 0 Å². The van der Waals surface area contributed by atoms with Crippen LogP contribution in [0.25, 0.3) is 0 Å². The summed E-state index contributed by atoms with van der Waals surface area (Å²) in [7, 11) is -3.90. The molecule has 10 heteroatoms. The van der Waals surface area contributed by atoms with Crippen LogP contribution in [0.5, 0.6) is 0 Å². The summed E-state index contributed by atoms with van der Waals surface area (Å²) in [5, 5.41) is 6.56. The highest BCUT2D eigenvalue weighted by Gasteiger charge is 2.17. The molecular weight excluding hydrogens is 373 g/mol. The van der Waals surface area contributed by atoms with Gasteiger partial charge in [0.05, 0.1) is 11.4 Å². The van der Waals surface area contributed by atoms with Crippen molar-refractivity contribution in [2.24, 2.45) is 0 Å². The molecule has 27 heavy (non-hydrogen) atoms. The van der Waals surface area contributed by atoms with Gasteiger partial charge in [-0.3, -0.25) is 4.79 Å². The average Bonchev–Trinajstić information content (AvgIpc) is 3.03. The van der Waals surface area contributed by atoms with E-state index in [1.807, 2.05) is 0 Å². The summed E-state index contributed by atoms with van der Waals surface area (Å²) < 4.78 is 42.1. The predicted molar refractivity (Wildman–Crippen MR) is 97.1 cm³/mol. The van der Waals surface area contributed by atoms with Crippen molar-refractivity contribution in [3.63, 3.8) is 0 Å². The van der Waals surface area contributed by atoms with Crippen molar-refractivity contribution < 1.29 is 17.6 Å². The molecule has 1 aromatic heterocycles. The van der Waals surface area contributed by atoms with E-state index in [1.54, 1.807) is 18.2 Å². The maximum atomic E-state index is 13.7. The fraction of sp³-hybridized carbons (Fsp3) is 0.118. The Balaban J connectivity index is 1.72. The van der Waals surface area contributed by atoms with Gasteiger partial charge in [0, 0.05) is 18.2 Å². The maximum absolute atomic E-state index is 13.7. The lowest BCUT2D eigenvalue weighted by Crippen LogP contribution is -2.14. The minimum absolute atomic E-state index is 0.0120. The van der Waals surface area contributed by atoms with Gasteiger partial charge >= 0.3 is 0 Å². The van der Waals surface area contributed by atoms with Crippen LogP contribution >= 0.6 is 0 Å². The van der Waals surface area contributed by atoms with Gasteiger partial charge in [0.25, 0.3) is 16.0 Å². The van der Waals surface area contributed by atoms with Crippen LogP contribution < -0.4 is 10.0 Å². The molecule has 3 aromatic rings. The Hall–Kier alpha value is -3.27. The van der Waals surface area contributed by atoms with E-state index in [-0.39, 0.29) is 29.1 Å². The van der Waals surface area contributed by atoms with Crippen LogP contribution in [0, 0.1) is 5.82 Å². The number of halogens is 1. The zero-order valence-electron chi connectivity index (χ0n) is 14.3. The van der Waals surface area contributed by atoms with Crippen LogP contribution in [0.2, 0.25) is 0 Å². The fourth-order valence-electron chi connectivity index (χ4n) is 2.32. The van der Waals surface area contributed by atoms with Crippen LogP contribution in [0.4, 0.5) is 16.0 Å². The van der Waals surface area contributed by atoms with E-state index in [2.05, 4.69) is 20.1 Å². The molecule has 0 saturated carbocycles. The highest BCUT2D eigenvalue weighted by Crippen LogP contribution is 2.17. The van der Waals surface area contributed by atoms with Gasteiger partial charge in [-0.15, -0.1) is 5.10 Å². The number of hydrogen-bond donors (Lipinski definition) is 2. The first kappa shape index (κ1) is 18.5. The monoisotopic (exact) mass is 389 g/mol. The third-order valence-corrected chi connectivity index (χ3v) is 4.88. The van der Waals surface area contributed by atoms with E-state index < -0.39 is 10.0 Å². The number of carbonyl (C=O) groups is 1. The van der Waals surface area contributed by atoms with Crippen molar-refractivity contribution in [2.45, 2.75) is 18.4 Å². The number of rotatable bonds is 6. The molecule has 1 heterocycles. The van der Waals surface area contributed by atoms with E-state index in [1.165, 1.54) is 48.3 Å². The molecule has 1 amide bonds. The summed E-state index contributed by atoms with van der Waals surface area (Å²) in [6.07, 6.45) is 1.31. The number of carbonyl (C=O) groups excluding carboxylic acids is 1. The molecule has 0 atom stereocenters. The highest BCUT2D eigenvalue weighted by atomic mass is 32.2. The SMILES string of the molecule is CC(=O)Nc1ccc(S(=O)(=O)Nc2ncn(Cc3ccccc3F)n2)cc1. The molecule has 3 rings (SSSR count). The van der Waals surface area contributed by atoms with E-state index >= 15 is 0 Å². The number of nitrogens with one attached hydrogen (secondary N) is 2. The van der Waals surface area contributed by atoms with E-state index in [9.17, 15) is 17.6 Å². The standard InChI is InChI=1S/C17H16FN5O3S/c1-12(24)20-14-6-8-15(9-7-14)27(25,26)22-17-19-11-23(21-17)10-13-4-2-3-5-16(13)18/h2-9,11H,10H2,1H3,(H,20,24)(H,21,22). The summed E-state index contributed by atoms with van der Waals surface area (Å²) in [6, 6.07) is 11.9. The van der Waals surface area contributed by atoms with Gasteiger partial charge in [-0.25, -0.2) is 22.2 Å². The topological polar surface area (TPSA) is 106 Å². The first-order valence-corrected chi connectivity index (χ1v) is 9.35. The smallest absolute Gasteiger partial charge is 0.264 e. The Morgan fingerprint density at radius 2 is 1.85 bits per heavy atom. The third kappa shape index (κ3) is 4.67. The fourth-order valence-corrected chi connectivity index (χ4v) is 3.26. The molecule has 0 aliphatic heterocycles. The molecule has 0 unspecified atom stereocenters. The van der Waals surface area contributed by atoms with Gasteiger partial charge in [-0.1, -0.05) is 18.2 Å². The minimum atomic E-state index is -3.90. The number of sulfonamides is 1. The Kier molecular flexibility index (Phi) is 5.17. The van der Waals surface area contributed by atoms with Crippen molar-refractivity contribution in [1.29, 1.82) is 0 Å². The van der Waals surface area contributed by atoms with E-state index in [0.717, 1.165) is 0 Å². The summed E-state index contributed by atoms with van der Waals surface area (Å²) in [6.45, 7) is 1.47. The summed E-state index contributed by atoms with van der Waals surface area (Å²) >= 11 is 0. The summed E-state index contributed by atoms with van der Waals surface area (Å²) in [4.78, 5) is 14.9. The quantitative estimate of drug-likeness (QED) is 0.672. The number of amides is 1. The normalized spacial score (nSPS) is 11.2. The predicted octanol–water partition coefficient (Wildman–Crippen LogP) is 2.22. The molecule has 0 bridgehead atoms. The molecule has 0 aliphatic carbocycles. The average molecular weight is 389 g/mol. The van der Waals surface area contributed by atoms with E-state index in [0.29, 0.717) is 11.3 Å². The second kappa shape index (κ2) is 7.54. The van der Waals surface area contributed by atoms with Gasteiger partial charge in [0.2, 0.25) is 5.91 Å². The number of aromatic nitrogens is 3. The van der Waals surface area contributed by atoms with Gasteiger partial charge in [-0.2, -0.15) is 4.98 Å². The van der Waals surface area contributed by atoms with Crippen molar-refractivity contribution in [2.75, 3.05) is 10.0 Å². The second-order valence-electron chi connectivity index (χ2n) is 5.67. The number of benzene rings is 2. The Morgan fingerprint density at radius 3 is 2.52 bits per heavy atom. The molecular formula is C17H16FN5O3S. The molecule has 0 radical (unpaired) electrons. The van der Waals surface area contributed by atoms with Crippen LogP contribution in [-0.4, -0.2) is 29.1 Å². The Labute approximate surface area is 155 Å². The van der Waals surface area contributed by atoms with Crippen molar-refractivity contribution >= 4 is 27.6 Å². The van der Waals surface area contributed by atoms with E-state index in [4.69, 9.17) is 0 Å². The number of anilines is 2. The highest BCUT2D eigenvalue weighted by molar-refractivity contribution is 7.92. The first-order chi connectivity index (χ1) is 12.8. The second-order valence-corrected chi connectivity index (χ2v) is 7.35. The van der Waals surface area contributed by atoms with Crippen LogP contribution in [-0.2, 0) is 21.4 Å². The lowest BCUT2D eigenvalue weighted by atomic mass is 10.2. The van der Waals surface area contributed by atoms with Crippen molar-refractivity contribution in [3.05, 3.63) is 66.2 Å². The molecule has 2 N–H and O–H groups in total. The van der Waals surface area contributed by atoms with Crippen LogP contribution in [0.1, 0.15) is 12.5 Å². The molecule has 0 fully saturated rings. The zero-order valence-corrected chi connectivity index (χ0v) is 15.1. The Morgan fingerprint density at radius 1 is 1.15 bits per heavy atom. The van der Waals surface area contributed by atoms with Gasteiger partial charge in [0.15, 0.2) is 0 Å². The van der Waals surface area contributed by atoms with Crippen molar-refractivity contribution in [1.82, 2.24) is 14.8 Å². The number of hydrogen-bond acceptors (Lipinski definition) is 5. The largest absolute Gasteiger partial charge is 0.326 e. The molecule has 0 aliphatic rings. The van der Waals surface area contributed by atoms with Gasteiger partial charge in [0.1, 0.15) is 12.1 Å². The maximum Gasteiger partial charge on any atom is 0.264 e. The molecule has 0 spiro atoms. The van der Waals surface area contributed by atoms with Gasteiger partial charge in [-0.05, 0) is 30.3 Å². The molecule has 2 aromatic carbocycles. The third-order valence-electron chi connectivity index (χ3n) is 3.54. The van der Waals surface area contributed by atoms with Crippen LogP contribution in [0.15, 0.2) is 59.8 Å². The van der Waals surface area contributed by atoms with Crippen LogP contribution in [0.3, 0.4) is 0 Å². The first-order valence-electron chi connectivity index (χ1n) is 7.87. The molecule has 8 nitrogen and oxygen atoms in total.